The fourth-order valence-electron chi connectivity index (χ4n) is 1.52. The summed E-state index contributed by atoms with van der Waals surface area (Å²) in [4.78, 5) is 15.5. The van der Waals surface area contributed by atoms with Crippen LogP contribution in [0.4, 0.5) is 0 Å². The quantitative estimate of drug-likeness (QED) is 0.865. The maximum atomic E-state index is 11.5. The number of para-hydroxylation sites is 1. The first-order chi connectivity index (χ1) is 9.65. The van der Waals surface area contributed by atoms with Gasteiger partial charge in [-0.25, -0.2) is 4.68 Å². The Hall–Kier alpha value is -2.37. The number of nitrogens with zero attached hydrogens (tertiary/aromatic N) is 3. The van der Waals surface area contributed by atoms with E-state index in [4.69, 9.17) is 4.74 Å². The predicted octanol–water partition coefficient (Wildman–Crippen LogP) is 1.42. The smallest absolute Gasteiger partial charge is 0.336 e. The predicted molar refractivity (Wildman–Crippen MR) is 74.7 cm³/mol. The van der Waals surface area contributed by atoms with Crippen LogP contribution in [0.5, 0.6) is 6.01 Å². The van der Waals surface area contributed by atoms with Gasteiger partial charge in [-0.2, -0.15) is 4.98 Å². The Morgan fingerprint density at radius 1 is 1.35 bits per heavy atom. The number of amides is 1. The highest BCUT2D eigenvalue weighted by Gasteiger charge is 2.07. The highest BCUT2D eigenvalue weighted by atomic mass is 16.5. The van der Waals surface area contributed by atoms with E-state index in [0.29, 0.717) is 12.5 Å². The van der Waals surface area contributed by atoms with E-state index in [1.165, 1.54) is 0 Å². The Kier molecular flexibility index (Phi) is 4.70. The van der Waals surface area contributed by atoms with Crippen molar-refractivity contribution in [3.63, 3.8) is 0 Å². The molecular weight excluding hydrogens is 256 g/mol. The largest absolute Gasteiger partial charge is 0.452 e. The van der Waals surface area contributed by atoms with Gasteiger partial charge in [0, 0.05) is 6.54 Å². The van der Waals surface area contributed by atoms with Crippen LogP contribution in [0.1, 0.15) is 13.8 Å². The molecule has 1 N–H and O–H groups in total. The molecule has 0 aliphatic carbocycles. The lowest BCUT2D eigenvalue weighted by Crippen LogP contribution is -2.31. The van der Waals surface area contributed by atoms with Crippen LogP contribution < -0.4 is 10.1 Å². The van der Waals surface area contributed by atoms with E-state index in [0.717, 1.165) is 5.69 Å². The standard InChI is InChI=1S/C14H18N4O2/c1-11(2)8-15-13(19)9-20-14-16-10-18(17-14)12-6-4-3-5-7-12/h3-7,10-11H,8-9H2,1-2H3,(H,15,19). The fraction of sp³-hybridized carbons (Fsp3) is 0.357. The maximum Gasteiger partial charge on any atom is 0.336 e. The van der Waals surface area contributed by atoms with Gasteiger partial charge in [0.1, 0.15) is 6.33 Å². The van der Waals surface area contributed by atoms with Crippen molar-refractivity contribution in [2.75, 3.05) is 13.2 Å². The van der Waals surface area contributed by atoms with E-state index in [1.54, 1.807) is 11.0 Å². The van der Waals surface area contributed by atoms with Gasteiger partial charge in [-0.15, -0.1) is 5.10 Å². The van der Waals surface area contributed by atoms with Crippen molar-refractivity contribution in [3.05, 3.63) is 36.7 Å². The number of rotatable bonds is 6. The van der Waals surface area contributed by atoms with Crippen LogP contribution in [0.3, 0.4) is 0 Å². The normalized spacial score (nSPS) is 10.6. The third-order valence-corrected chi connectivity index (χ3v) is 2.53. The molecule has 106 valence electrons. The number of hydrogen-bond donors (Lipinski definition) is 1. The second-order valence-electron chi connectivity index (χ2n) is 4.79. The summed E-state index contributed by atoms with van der Waals surface area (Å²) >= 11 is 0. The van der Waals surface area contributed by atoms with Crippen molar-refractivity contribution in [1.82, 2.24) is 20.1 Å². The number of benzene rings is 1. The summed E-state index contributed by atoms with van der Waals surface area (Å²) in [6, 6.07) is 9.76. The zero-order valence-corrected chi connectivity index (χ0v) is 11.6. The molecule has 20 heavy (non-hydrogen) atoms. The minimum atomic E-state index is -0.172. The Balaban J connectivity index is 1.86. The molecule has 0 atom stereocenters. The lowest BCUT2D eigenvalue weighted by molar-refractivity contribution is -0.123. The second-order valence-corrected chi connectivity index (χ2v) is 4.79. The molecule has 0 unspecified atom stereocenters. The van der Waals surface area contributed by atoms with Crippen LogP contribution in [0.2, 0.25) is 0 Å². The highest BCUT2D eigenvalue weighted by Crippen LogP contribution is 2.07. The van der Waals surface area contributed by atoms with E-state index in [1.807, 2.05) is 44.2 Å². The van der Waals surface area contributed by atoms with Crippen LogP contribution >= 0.6 is 0 Å². The van der Waals surface area contributed by atoms with Crippen LogP contribution in [0.25, 0.3) is 5.69 Å². The monoisotopic (exact) mass is 274 g/mol. The maximum absolute atomic E-state index is 11.5. The molecule has 6 nitrogen and oxygen atoms in total. The molecule has 1 aromatic carbocycles. The molecule has 0 aliphatic rings. The van der Waals surface area contributed by atoms with Crippen molar-refractivity contribution in [2.24, 2.45) is 5.92 Å². The van der Waals surface area contributed by atoms with Gasteiger partial charge in [0.25, 0.3) is 5.91 Å². The summed E-state index contributed by atoms with van der Waals surface area (Å²) in [7, 11) is 0. The third kappa shape index (κ3) is 4.08. The summed E-state index contributed by atoms with van der Waals surface area (Å²) in [5.41, 5.74) is 0.888. The first kappa shape index (κ1) is 14.0. The molecule has 0 saturated heterocycles. The molecule has 6 heteroatoms. The van der Waals surface area contributed by atoms with Gasteiger partial charge in [-0.1, -0.05) is 32.0 Å². The fourth-order valence-corrected chi connectivity index (χ4v) is 1.52. The van der Waals surface area contributed by atoms with Gasteiger partial charge in [-0.05, 0) is 18.1 Å². The highest BCUT2D eigenvalue weighted by molar-refractivity contribution is 5.77. The van der Waals surface area contributed by atoms with Crippen LogP contribution in [-0.4, -0.2) is 33.8 Å². The minimum Gasteiger partial charge on any atom is -0.452 e. The first-order valence-corrected chi connectivity index (χ1v) is 6.51. The Labute approximate surface area is 117 Å². The number of carbonyl (C=O) groups is 1. The van der Waals surface area contributed by atoms with Crippen molar-refractivity contribution in [3.8, 4) is 11.7 Å². The molecule has 1 aromatic heterocycles. The summed E-state index contributed by atoms with van der Waals surface area (Å²) in [5.74, 6) is 0.240. The number of aromatic nitrogens is 3. The number of ether oxygens (including phenoxy) is 1. The summed E-state index contributed by atoms with van der Waals surface area (Å²) in [6.07, 6.45) is 1.55. The average Bonchev–Trinajstić information content (AvgIpc) is 2.93. The molecule has 0 fully saturated rings. The van der Waals surface area contributed by atoms with Crippen LogP contribution in [-0.2, 0) is 4.79 Å². The second kappa shape index (κ2) is 6.70. The Morgan fingerprint density at radius 2 is 2.10 bits per heavy atom. The molecule has 1 heterocycles. The summed E-state index contributed by atoms with van der Waals surface area (Å²) in [6.45, 7) is 4.62. The van der Waals surface area contributed by atoms with Crippen molar-refractivity contribution in [2.45, 2.75) is 13.8 Å². The Bertz CT molecular complexity index is 551. The number of hydrogen-bond acceptors (Lipinski definition) is 4. The van der Waals surface area contributed by atoms with Gasteiger partial charge >= 0.3 is 6.01 Å². The lowest BCUT2D eigenvalue weighted by Gasteiger charge is -2.07. The molecule has 0 radical (unpaired) electrons. The molecule has 0 bridgehead atoms. The average molecular weight is 274 g/mol. The van der Waals surface area contributed by atoms with E-state index in [9.17, 15) is 4.79 Å². The number of carbonyl (C=O) groups excluding carboxylic acids is 1. The molecule has 0 aliphatic heterocycles. The molecule has 2 aromatic rings. The van der Waals surface area contributed by atoms with Gasteiger partial charge in [-0.3, -0.25) is 4.79 Å². The molecular formula is C14H18N4O2. The van der Waals surface area contributed by atoms with Crippen LogP contribution in [0, 0.1) is 5.92 Å². The lowest BCUT2D eigenvalue weighted by atomic mass is 10.2. The van der Waals surface area contributed by atoms with E-state index in [-0.39, 0.29) is 18.5 Å². The van der Waals surface area contributed by atoms with Crippen LogP contribution in [0.15, 0.2) is 36.7 Å². The van der Waals surface area contributed by atoms with Gasteiger partial charge < -0.3 is 10.1 Å². The summed E-state index contributed by atoms with van der Waals surface area (Å²) < 4.78 is 6.85. The molecule has 0 saturated carbocycles. The topological polar surface area (TPSA) is 69.0 Å². The molecule has 2 rings (SSSR count). The minimum absolute atomic E-state index is 0.0779. The van der Waals surface area contributed by atoms with E-state index in [2.05, 4.69) is 15.4 Å². The van der Waals surface area contributed by atoms with Gasteiger partial charge in [0.05, 0.1) is 5.69 Å². The SMILES string of the molecule is CC(C)CNC(=O)COc1ncn(-c2ccccc2)n1. The molecule has 0 spiro atoms. The zero-order chi connectivity index (χ0) is 14.4. The third-order valence-electron chi connectivity index (χ3n) is 2.53. The number of nitrogens with one attached hydrogen (secondary N) is 1. The Morgan fingerprint density at radius 3 is 2.80 bits per heavy atom. The van der Waals surface area contributed by atoms with Gasteiger partial charge in [0.2, 0.25) is 0 Å². The van der Waals surface area contributed by atoms with Gasteiger partial charge in [0.15, 0.2) is 6.61 Å². The zero-order valence-electron chi connectivity index (χ0n) is 11.6. The summed E-state index contributed by atoms with van der Waals surface area (Å²) in [5, 5.41) is 6.92. The van der Waals surface area contributed by atoms with E-state index < -0.39 is 0 Å². The van der Waals surface area contributed by atoms with Crippen molar-refractivity contribution >= 4 is 5.91 Å². The van der Waals surface area contributed by atoms with Crippen molar-refractivity contribution < 1.29 is 9.53 Å². The molecule has 1 amide bonds. The first-order valence-electron chi connectivity index (χ1n) is 6.51. The van der Waals surface area contributed by atoms with Crippen molar-refractivity contribution in [1.29, 1.82) is 0 Å². The van der Waals surface area contributed by atoms with E-state index >= 15 is 0 Å².